The van der Waals surface area contributed by atoms with Gasteiger partial charge in [0.15, 0.2) is 0 Å². The Bertz CT molecular complexity index is 391. The average Bonchev–Trinajstić information content (AvgIpc) is 2.14. The largest absolute Gasteiger partial charge is 0.481 e. The van der Waals surface area contributed by atoms with Gasteiger partial charge in [-0.15, -0.1) is 0 Å². The van der Waals surface area contributed by atoms with Gasteiger partial charge in [-0.25, -0.2) is 4.79 Å². The van der Waals surface area contributed by atoms with Crippen LogP contribution < -0.4 is 5.32 Å². The minimum absolute atomic E-state index is 0. The third-order valence-corrected chi connectivity index (χ3v) is 3.03. The first kappa shape index (κ1) is 25.5. The van der Waals surface area contributed by atoms with E-state index < -0.39 is 44.1 Å². The molecule has 0 saturated carbocycles. The maximum absolute atomic E-state index is 11.3. The number of carboxylic acid groups (broad SMARTS) is 2. The first-order valence-corrected chi connectivity index (χ1v) is 6.64. The van der Waals surface area contributed by atoms with Gasteiger partial charge in [0.25, 0.3) is 0 Å². The zero-order valence-corrected chi connectivity index (χ0v) is 16.4. The number of carbonyl (C=O) groups is 3. The fraction of sp³-hybridized carbons (Fsp3) is 0.625. The molecule has 0 heterocycles. The van der Waals surface area contributed by atoms with Crippen molar-refractivity contribution >= 4 is 84.6 Å². The number of amides is 1. The molecule has 0 aromatic rings. The van der Waals surface area contributed by atoms with Crippen LogP contribution in [-0.2, 0) is 23.5 Å². The van der Waals surface area contributed by atoms with E-state index in [2.05, 4.69) is 4.52 Å². The van der Waals surface area contributed by atoms with Gasteiger partial charge in [0, 0.05) is 59.1 Å². The Balaban J connectivity index is -0.00000144. The summed E-state index contributed by atoms with van der Waals surface area (Å²) in [6.45, 7) is 1.36. The summed E-state index contributed by atoms with van der Waals surface area (Å²) in [7, 11) is -4.12. The van der Waals surface area contributed by atoms with Crippen molar-refractivity contribution in [2.75, 3.05) is 12.8 Å². The molecule has 0 spiro atoms. The Morgan fingerprint density at radius 2 is 1.75 bits per heavy atom. The molecule has 0 aliphatic heterocycles. The molecule has 0 fully saturated rings. The van der Waals surface area contributed by atoms with Gasteiger partial charge in [-0.2, -0.15) is 0 Å². The fourth-order valence-electron chi connectivity index (χ4n) is 1.04. The minimum atomic E-state index is -4.12. The molecule has 2 atom stereocenters. The summed E-state index contributed by atoms with van der Waals surface area (Å²) in [4.78, 5) is 41.3. The zero-order chi connectivity index (χ0) is 14.3. The second-order valence-electron chi connectivity index (χ2n) is 3.27. The topological polar surface area (TPSA) is 150 Å². The van der Waals surface area contributed by atoms with Crippen molar-refractivity contribution < 1.29 is 38.6 Å². The number of carboxylic acids is 2. The molecular weight excluding hydrogens is 315 g/mol. The zero-order valence-electron chi connectivity index (χ0n) is 11.5. The molecule has 1 unspecified atom stereocenters. The van der Waals surface area contributed by atoms with E-state index in [9.17, 15) is 18.9 Å². The maximum Gasteiger partial charge on any atom is 0.337 e. The Morgan fingerprint density at radius 3 is 2.10 bits per heavy atom. The molecule has 0 aromatic carbocycles. The van der Waals surface area contributed by atoms with Gasteiger partial charge in [0.1, 0.15) is 12.2 Å². The summed E-state index contributed by atoms with van der Waals surface area (Å²) in [6.07, 6.45) is -1.75. The van der Waals surface area contributed by atoms with Crippen molar-refractivity contribution in [2.45, 2.75) is 19.4 Å². The van der Waals surface area contributed by atoms with E-state index in [1.807, 2.05) is 5.32 Å². The SMILES string of the molecule is CCOP(=O)(O)CC(=O)N[C@@H](CC(=O)O)C(=O)O.[Na].[Na]. The molecule has 0 aliphatic carbocycles. The Kier molecular flexibility index (Phi) is 15.5. The van der Waals surface area contributed by atoms with Gasteiger partial charge < -0.3 is 24.9 Å². The van der Waals surface area contributed by atoms with Gasteiger partial charge in [-0.1, -0.05) is 0 Å². The van der Waals surface area contributed by atoms with Crippen LogP contribution in [0.2, 0.25) is 0 Å². The van der Waals surface area contributed by atoms with Crippen LogP contribution >= 0.6 is 7.60 Å². The number of rotatable bonds is 8. The van der Waals surface area contributed by atoms with Crippen LogP contribution in [0, 0.1) is 0 Å². The molecule has 0 bridgehead atoms. The minimum Gasteiger partial charge on any atom is -0.481 e. The number of carbonyl (C=O) groups excluding carboxylic acids is 1. The van der Waals surface area contributed by atoms with E-state index >= 15 is 0 Å². The van der Waals surface area contributed by atoms with E-state index in [1.54, 1.807) is 0 Å². The number of aliphatic carboxylic acids is 2. The van der Waals surface area contributed by atoms with Gasteiger partial charge in [-0.05, 0) is 6.92 Å². The van der Waals surface area contributed by atoms with Gasteiger partial charge >= 0.3 is 19.5 Å². The fourth-order valence-corrected chi connectivity index (χ4v) is 1.99. The summed E-state index contributed by atoms with van der Waals surface area (Å²) >= 11 is 0. The smallest absolute Gasteiger partial charge is 0.337 e. The predicted octanol–water partition coefficient (Wildman–Crippen LogP) is -1.51. The second-order valence-corrected chi connectivity index (χ2v) is 5.12. The van der Waals surface area contributed by atoms with Gasteiger partial charge in [-0.3, -0.25) is 14.2 Å². The quantitative estimate of drug-likeness (QED) is 0.310. The Hall–Kier alpha value is 0.560. The normalized spacial score (nSPS) is 13.9. The average molecular weight is 329 g/mol. The van der Waals surface area contributed by atoms with Crippen molar-refractivity contribution in [1.82, 2.24) is 5.32 Å². The summed E-state index contributed by atoms with van der Waals surface area (Å²) < 4.78 is 15.6. The van der Waals surface area contributed by atoms with Crippen molar-refractivity contribution in [2.24, 2.45) is 0 Å². The van der Waals surface area contributed by atoms with Crippen LogP contribution in [0.1, 0.15) is 13.3 Å². The number of hydrogen-bond acceptors (Lipinski definition) is 5. The van der Waals surface area contributed by atoms with Crippen LogP contribution in [0.5, 0.6) is 0 Å². The summed E-state index contributed by atoms with van der Waals surface area (Å²) in [6, 6.07) is -1.66. The van der Waals surface area contributed by atoms with E-state index in [0.717, 1.165) is 0 Å². The third-order valence-electron chi connectivity index (χ3n) is 1.69. The van der Waals surface area contributed by atoms with E-state index in [4.69, 9.17) is 15.1 Å². The van der Waals surface area contributed by atoms with E-state index in [0.29, 0.717) is 0 Å². The summed E-state index contributed by atoms with van der Waals surface area (Å²) in [5.74, 6) is -4.03. The van der Waals surface area contributed by atoms with Crippen LogP contribution in [0.3, 0.4) is 0 Å². The monoisotopic (exact) mass is 329 g/mol. The third kappa shape index (κ3) is 12.3. The van der Waals surface area contributed by atoms with Gasteiger partial charge in [0.05, 0.1) is 13.0 Å². The van der Waals surface area contributed by atoms with Crippen molar-refractivity contribution in [3.8, 4) is 0 Å². The first-order valence-electron chi connectivity index (χ1n) is 4.88. The molecule has 20 heavy (non-hydrogen) atoms. The van der Waals surface area contributed by atoms with Crippen LogP contribution in [0.25, 0.3) is 0 Å². The molecule has 12 heteroatoms. The Labute approximate surface area is 159 Å². The Morgan fingerprint density at radius 1 is 1.25 bits per heavy atom. The molecule has 4 N–H and O–H groups in total. The van der Waals surface area contributed by atoms with Crippen molar-refractivity contribution in [3.05, 3.63) is 0 Å². The first-order chi connectivity index (χ1) is 8.18. The molecule has 2 radical (unpaired) electrons. The van der Waals surface area contributed by atoms with Crippen molar-refractivity contribution in [3.63, 3.8) is 0 Å². The van der Waals surface area contributed by atoms with Crippen LogP contribution in [-0.4, -0.2) is 111 Å². The summed E-state index contributed by atoms with van der Waals surface area (Å²) in [5.41, 5.74) is 0. The molecule has 9 nitrogen and oxygen atoms in total. The molecule has 1 amide bonds. The molecule has 0 saturated heterocycles. The van der Waals surface area contributed by atoms with Crippen LogP contribution in [0.4, 0.5) is 0 Å². The summed E-state index contributed by atoms with van der Waals surface area (Å²) in [5, 5.41) is 18.9. The predicted molar refractivity (Wildman–Crippen MR) is 69.6 cm³/mol. The molecule has 0 aromatic heterocycles. The maximum atomic E-state index is 11.3. The standard InChI is InChI=1S/C8H14NO8P.2Na/c1-2-17-18(15,16)4-6(10)9-5(8(13)14)3-7(11)12;;/h5H,2-4H2,1H3,(H,9,10)(H,11,12)(H,13,14)(H,15,16);;/t5-;;/m0../s1. The van der Waals surface area contributed by atoms with E-state index in [1.165, 1.54) is 6.92 Å². The molecule has 106 valence electrons. The second kappa shape index (κ2) is 12.1. The number of hydrogen-bond donors (Lipinski definition) is 4. The van der Waals surface area contributed by atoms with Gasteiger partial charge in [0.2, 0.25) is 5.91 Å². The molecule has 0 rings (SSSR count). The molecular formula is C8H14NNa2O8P. The molecule has 0 aliphatic rings. The number of nitrogens with one attached hydrogen (secondary N) is 1. The van der Waals surface area contributed by atoms with Crippen LogP contribution in [0.15, 0.2) is 0 Å². The van der Waals surface area contributed by atoms with Crippen molar-refractivity contribution in [1.29, 1.82) is 0 Å². The van der Waals surface area contributed by atoms with E-state index in [-0.39, 0.29) is 65.7 Å².